The third kappa shape index (κ3) is 10.0. The highest BCUT2D eigenvalue weighted by molar-refractivity contribution is 4.51. The summed E-state index contributed by atoms with van der Waals surface area (Å²) in [5.74, 6) is 0. The average Bonchev–Trinajstić information content (AvgIpc) is 2.21. The lowest BCUT2D eigenvalue weighted by molar-refractivity contribution is 0.103. The van der Waals surface area contributed by atoms with Crippen LogP contribution in [0, 0.1) is 0 Å². The van der Waals surface area contributed by atoms with Crippen LogP contribution < -0.4 is 0 Å². The lowest BCUT2D eigenvalue weighted by atomic mass is 10.1. The van der Waals surface area contributed by atoms with Crippen molar-refractivity contribution in [3.63, 3.8) is 0 Å². The molecule has 0 aromatic rings. The SMILES string of the molecule is CCCCCCOCCCC(O)CC. The second-order valence-corrected chi connectivity index (χ2v) is 3.88. The van der Waals surface area contributed by atoms with E-state index in [1.807, 2.05) is 6.92 Å². The van der Waals surface area contributed by atoms with E-state index in [0.717, 1.165) is 32.5 Å². The smallest absolute Gasteiger partial charge is 0.0538 e. The van der Waals surface area contributed by atoms with Crippen LogP contribution in [0.5, 0.6) is 0 Å². The Balaban J connectivity index is 2.92. The van der Waals surface area contributed by atoms with Crippen LogP contribution in [-0.4, -0.2) is 24.4 Å². The zero-order valence-corrected chi connectivity index (χ0v) is 9.80. The molecule has 0 aromatic carbocycles. The van der Waals surface area contributed by atoms with Crippen LogP contribution in [0.2, 0.25) is 0 Å². The van der Waals surface area contributed by atoms with Gasteiger partial charge in [0.2, 0.25) is 0 Å². The number of ether oxygens (including phenoxy) is 1. The van der Waals surface area contributed by atoms with Crippen molar-refractivity contribution in [2.45, 2.75) is 64.9 Å². The van der Waals surface area contributed by atoms with Gasteiger partial charge in [-0.25, -0.2) is 0 Å². The second-order valence-electron chi connectivity index (χ2n) is 3.88. The van der Waals surface area contributed by atoms with Crippen LogP contribution in [0.1, 0.15) is 58.8 Å². The summed E-state index contributed by atoms with van der Waals surface area (Å²) in [5.41, 5.74) is 0. The molecular weight excluding hydrogens is 176 g/mol. The zero-order valence-electron chi connectivity index (χ0n) is 9.80. The van der Waals surface area contributed by atoms with Gasteiger partial charge in [-0.15, -0.1) is 0 Å². The van der Waals surface area contributed by atoms with Gasteiger partial charge in [0.1, 0.15) is 0 Å². The molecule has 0 fully saturated rings. The Morgan fingerprint density at radius 3 is 2.36 bits per heavy atom. The number of unbranched alkanes of at least 4 members (excludes halogenated alkanes) is 3. The number of hydrogen-bond acceptors (Lipinski definition) is 2. The molecule has 2 heteroatoms. The molecule has 0 amide bonds. The first-order valence-electron chi connectivity index (χ1n) is 6.07. The van der Waals surface area contributed by atoms with Gasteiger partial charge in [-0.3, -0.25) is 0 Å². The van der Waals surface area contributed by atoms with Crippen LogP contribution in [0.4, 0.5) is 0 Å². The van der Waals surface area contributed by atoms with E-state index in [4.69, 9.17) is 4.74 Å². The van der Waals surface area contributed by atoms with Crippen LogP contribution in [0.15, 0.2) is 0 Å². The maximum atomic E-state index is 9.28. The largest absolute Gasteiger partial charge is 0.393 e. The van der Waals surface area contributed by atoms with Gasteiger partial charge in [-0.2, -0.15) is 0 Å². The minimum absolute atomic E-state index is 0.126. The topological polar surface area (TPSA) is 29.5 Å². The van der Waals surface area contributed by atoms with Crippen molar-refractivity contribution in [3.8, 4) is 0 Å². The van der Waals surface area contributed by atoms with E-state index >= 15 is 0 Å². The lowest BCUT2D eigenvalue weighted by Crippen LogP contribution is -2.06. The Morgan fingerprint density at radius 1 is 1.00 bits per heavy atom. The van der Waals surface area contributed by atoms with Crippen molar-refractivity contribution in [2.24, 2.45) is 0 Å². The summed E-state index contributed by atoms with van der Waals surface area (Å²) in [6.45, 7) is 5.93. The quantitative estimate of drug-likeness (QED) is 0.551. The van der Waals surface area contributed by atoms with E-state index in [0.29, 0.717) is 0 Å². The van der Waals surface area contributed by atoms with Gasteiger partial charge < -0.3 is 9.84 Å². The second kappa shape index (κ2) is 11.0. The van der Waals surface area contributed by atoms with Crippen molar-refractivity contribution in [2.75, 3.05) is 13.2 Å². The molecule has 0 rings (SSSR count). The molecule has 2 nitrogen and oxygen atoms in total. The first kappa shape index (κ1) is 13.9. The molecule has 14 heavy (non-hydrogen) atoms. The van der Waals surface area contributed by atoms with E-state index < -0.39 is 0 Å². The summed E-state index contributed by atoms with van der Waals surface area (Å²) in [4.78, 5) is 0. The Morgan fingerprint density at radius 2 is 1.71 bits per heavy atom. The highest BCUT2D eigenvalue weighted by atomic mass is 16.5. The Hall–Kier alpha value is -0.0800. The molecule has 1 unspecified atom stereocenters. The monoisotopic (exact) mass is 202 g/mol. The molecule has 86 valence electrons. The normalized spacial score (nSPS) is 13.1. The maximum Gasteiger partial charge on any atom is 0.0538 e. The predicted octanol–water partition coefficient (Wildman–Crippen LogP) is 3.13. The van der Waals surface area contributed by atoms with Crippen molar-refractivity contribution < 1.29 is 9.84 Å². The van der Waals surface area contributed by atoms with Crippen molar-refractivity contribution in [1.82, 2.24) is 0 Å². The van der Waals surface area contributed by atoms with Crippen LogP contribution in [-0.2, 0) is 4.74 Å². The summed E-state index contributed by atoms with van der Waals surface area (Å²) >= 11 is 0. The van der Waals surface area contributed by atoms with Gasteiger partial charge in [-0.1, -0.05) is 33.1 Å². The summed E-state index contributed by atoms with van der Waals surface area (Å²) < 4.78 is 5.46. The first-order valence-corrected chi connectivity index (χ1v) is 6.07. The highest BCUT2D eigenvalue weighted by Gasteiger charge is 1.99. The standard InChI is InChI=1S/C12H26O2/c1-3-5-6-7-10-14-11-8-9-12(13)4-2/h12-13H,3-11H2,1-2H3. The number of aliphatic hydroxyl groups is 1. The summed E-state index contributed by atoms with van der Waals surface area (Å²) in [6.07, 6.45) is 7.67. The fourth-order valence-corrected chi connectivity index (χ4v) is 1.36. The molecule has 0 saturated heterocycles. The number of hydrogen-bond donors (Lipinski definition) is 1. The molecule has 0 spiro atoms. The van der Waals surface area contributed by atoms with Crippen LogP contribution in [0.25, 0.3) is 0 Å². The molecule has 0 saturated carbocycles. The van der Waals surface area contributed by atoms with Crippen molar-refractivity contribution in [3.05, 3.63) is 0 Å². The van der Waals surface area contributed by atoms with E-state index in [-0.39, 0.29) is 6.10 Å². The third-order valence-corrected chi connectivity index (χ3v) is 2.44. The predicted molar refractivity (Wildman–Crippen MR) is 60.5 cm³/mol. The summed E-state index contributed by atoms with van der Waals surface area (Å²) in [5, 5.41) is 9.28. The lowest BCUT2D eigenvalue weighted by Gasteiger charge is -2.07. The molecular formula is C12H26O2. The fourth-order valence-electron chi connectivity index (χ4n) is 1.36. The molecule has 0 radical (unpaired) electrons. The third-order valence-electron chi connectivity index (χ3n) is 2.44. The molecule has 0 aliphatic rings. The van der Waals surface area contributed by atoms with Gasteiger partial charge in [-0.05, 0) is 25.7 Å². The molecule has 0 aliphatic heterocycles. The maximum absolute atomic E-state index is 9.28. The number of rotatable bonds is 10. The molecule has 0 bridgehead atoms. The van der Waals surface area contributed by atoms with Crippen molar-refractivity contribution in [1.29, 1.82) is 0 Å². The van der Waals surface area contributed by atoms with Crippen LogP contribution in [0.3, 0.4) is 0 Å². The van der Waals surface area contributed by atoms with Gasteiger partial charge >= 0.3 is 0 Å². The van der Waals surface area contributed by atoms with E-state index in [1.165, 1.54) is 25.7 Å². The summed E-state index contributed by atoms with van der Waals surface area (Å²) in [7, 11) is 0. The average molecular weight is 202 g/mol. The van der Waals surface area contributed by atoms with Gasteiger partial charge in [0.25, 0.3) is 0 Å². The van der Waals surface area contributed by atoms with Crippen molar-refractivity contribution >= 4 is 0 Å². The van der Waals surface area contributed by atoms with Gasteiger partial charge in [0.05, 0.1) is 6.10 Å². The van der Waals surface area contributed by atoms with Crippen LogP contribution >= 0.6 is 0 Å². The molecule has 0 heterocycles. The number of aliphatic hydroxyl groups excluding tert-OH is 1. The first-order chi connectivity index (χ1) is 6.81. The summed E-state index contributed by atoms with van der Waals surface area (Å²) in [6, 6.07) is 0. The molecule has 0 aliphatic carbocycles. The fraction of sp³-hybridized carbons (Fsp3) is 1.00. The Kier molecular flexibility index (Phi) is 10.9. The zero-order chi connectivity index (χ0) is 10.6. The molecule has 1 atom stereocenters. The minimum atomic E-state index is -0.126. The van der Waals surface area contributed by atoms with E-state index in [2.05, 4.69) is 6.92 Å². The molecule has 0 aromatic heterocycles. The molecule has 1 N–H and O–H groups in total. The highest BCUT2D eigenvalue weighted by Crippen LogP contribution is 2.02. The van der Waals surface area contributed by atoms with Gasteiger partial charge in [0.15, 0.2) is 0 Å². The minimum Gasteiger partial charge on any atom is -0.393 e. The van der Waals surface area contributed by atoms with Gasteiger partial charge in [0, 0.05) is 13.2 Å². The Bertz CT molecular complexity index is 104. The van der Waals surface area contributed by atoms with E-state index in [1.54, 1.807) is 0 Å². The van der Waals surface area contributed by atoms with E-state index in [9.17, 15) is 5.11 Å². The Labute approximate surface area is 88.7 Å².